The SMILES string of the molecule is Cc1ccc(S(=O)(=O)N(C)c2ccc(OC(=O)c3cccc(S(=O)(=O)N4CCOCC4)c3)cc2)cc1. The van der Waals surface area contributed by atoms with Crippen LogP contribution < -0.4 is 9.04 Å². The van der Waals surface area contributed by atoms with Gasteiger partial charge >= 0.3 is 5.97 Å². The van der Waals surface area contributed by atoms with Crippen LogP contribution in [0.3, 0.4) is 0 Å². The number of carbonyl (C=O) groups is 1. The third-order valence-corrected chi connectivity index (χ3v) is 9.46. The minimum absolute atomic E-state index is 0.00265. The minimum atomic E-state index is -3.76. The van der Waals surface area contributed by atoms with E-state index in [9.17, 15) is 21.6 Å². The molecular formula is C25H26N2O7S2. The molecule has 0 atom stereocenters. The smallest absolute Gasteiger partial charge is 0.343 e. The quantitative estimate of drug-likeness (QED) is 0.341. The summed E-state index contributed by atoms with van der Waals surface area (Å²) in [4.78, 5) is 12.9. The van der Waals surface area contributed by atoms with E-state index >= 15 is 0 Å². The lowest BCUT2D eigenvalue weighted by molar-refractivity contribution is 0.0727. The summed E-state index contributed by atoms with van der Waals surface area (Å²) >= 11 is 0. The largest absolute Gasteiger partial charge is 0.423 e. The fraction of sp³-hybridized carbons (Fsp3) is 0.240. The molecule has 9 nitrogen and oxygen atoms in total. The van der Waals surface area contributed by atoms with Gasteiger partial charge in [-0.15, -0.1) is 0 Å². The summed E-state index contributed by atoms with van der Waals surface area (Å²) in [5, 5.41) is 0. The Kier molecular flexibility index (Phi) is 7.46. The molecule has 0 N–H and O–H groups in total. The lowest BCUT2D eigenvalue weighted by Gasteiger charge is -2.26. The normalized spacial score (nSPS) is 14.8. The van der Waals surface area contributed by atoms with Crippen molar-refractivity contribution in [2.75, 3.05) is 37.7 Å². The third kappa shape index (κ3) is 5.44. The third-order valence-electron chi connectivity index (χ3n) is 5.77. The van der Waals surface area contributed by atoms with Gasteiger partial charge in [-0.05, 0) is 61.5 Å². The van der Waals surface area contributed by atoms with E-state index in [0.29, 0.717) is 18.9 Å². The maximum atomic E-state index is 12.9. The lowest BCUT2D eigenvalue weighted by Crippen LogP contribution is -2.40. The van der Waals surface area contributed by atoms with E-state index in [4.69, 9.17) is 9.47 Å². The van der Waals surface area contributed by atoms with Crippen molar-refractivity contribution in [3.8, 4) is 5.75 Å². The van der Waals surface area contributed by atoms with Crippen LogP contribution in [-0.2, 0) is 24.8 Å². The van der Waals surface area contributed by atoms with Crippen molar-refractivity contribution in [2.45, 2.75) is 16.7 Å². The van der Waals surface area contributed by atoms with Crippen LogP contribution in [0, 0.1) is 6.92 Å². The van der Waals surface area contributed by atoms with Crippen LogP contribution in [0.5, 0.6) is 5.75 Å². The summed E-state index contributed by atoms with van der Waals surface area (Å²) in [6.07, 6.45) is 0. The highest BCUT2D eigenvalue weighted by molar-refractivity contribution is 7.92. The molecule has 1 fully saturated rings. The van der Waals surface area contributed by atoms with Gasteiger partial charge in [-0.25, -0.2) is 21.6 Å². The van der Waals surface area contributed by atoms with Crippen LogP contribution in [0.4, 0.5) is 5.69 Å². The molecule has 3 aromatic carbocycles. The van der Waals surface area contributed by atoms with E-state index in [-0.39, 0.29) is 34.2 Å². The van der Waals surface area contributed by atoms with Crippen molar-refractivity contribution >= 4 is 31.7 Å². The fourth-order valence-electron chi connectivity index (χ4n) is 3.62. The summed E-state index contributed by atoms with van der Waals surface area (Å²) in [7, 11) is -6.08. The standard InChI is InChI=1S/C25H26N2O7S2/c1-19-6-12-23(13-7-19)35(29,30)26(2)21-8-10-22(11-9-21)34-25(28)20-4-3-5-24(18-20)36(31,32)27-14-16-33-17-15-27/h3-13,18H,14-17H2,1-2H3. The zero-order valence-electron chi connectivity index (χ0n) is 19.8. The van der Waals surface area contributed by atoms with Gasteiger partial charge in [0.2, 0.25) is 10.0 Å². The van der Waals surface area contributed by atoms with Crippen molar-refractivity contribution in [1.82, 2.24) is 4.31 Å². The second-order valence-electron chi connectivity index (χ2n) is 8.21. The Bertz CT molecular complexity index is 1450. The fourth-order valence-corrected chi connectivity index (χ4v) is 6.27. The Morgan fingerprint density at radius 3 is 2.17 bits per heavy atom. The van der Waals surface area contributed by atoms with E-state index in [1.54, 1.807) is 24.3 Å². The number of aryl methyl sites for hydroxylation is 1. The van der Waals surface area contributed by atoms with E-state index in [1.807, 2.05) is 6.92 Å². The number of carbonyl (C=O) groups excluding carboxylic acids is 1. The molecule has 36 heavy (non-hydrogen) atoms. The van der Waals surface area contributed by atoms with E-state index in [2.05, 4.69) is 0 Å². The maximum Gasteiger partial charge on any atom is 0.343 e. The monoisotopic (exact) mass is 530 g/mol. The first-order valence-corrected chi connectivity index (χ1v) is 14.0. The number of anilines is 1. The molecule has 1 saturated heterocycles. The molecule has 3 aromatic rings. The number of hydrogen-bond acceptors (Lipinski definition) is 7. The maximum absolute atomic E-state index is 12.9. The van der Waals surface area contributed by atoms with Crippen LogP contribution >= 0.6 is 0 Å². The first-order valence-electron chi connectivity index (χ1n) is 11.1. The van der Waals surface area contributed by atoms with Gasteiger partial charge in [0.15, 0.2) is 0 Å². The zero-order valence-corrected chi connectivity index (χ0v) is 21.5. The molecule has 0 spiro atoms. The molecule has 0 aromatic heterocycles. The van der Waals surface area contributed by atoms with Crippen LogP contribution in [0.15, 0.2) is 82.6 Å². The minimum Gasteiger partial charge on any atom is -0.423 e. The Balaban J connectivity index is 1.47. The highest BCUT2D eigenvalue weighted by Gasteiger charge is 2.27. The van der Waals surface area contributed by atoms with Gasteiger partial charge in [0.25, 0.3) is 10.0 Å². The van der Waals surface area contributed by atoms with Gasteiger partial charge in [0.1, 0.15) is 5.75 Å². The van der Waals surface area contributed by atoms with Gasteiger partial charge in [-0.3, -0.25) is 4.31 Å². The first-order chi connectivity index (χ1) is 17.1. The van der Waals surface area contributed by atoms with Crippen LogP contribution in [0.2, 0.25) is 0 Å². The molecule has 4 rings (SSSR count). The molecular weight excluding hydrogens is 504 g/mol. The van der Waals surface area contributed by atoms with Gasteiger partial charge in [0.05, 0.1) is 34.3 Å². The van der Waals surface area contributed by atoms with Gasteiger partial charge in [-0.2, -0.15) is 4.31 Å². The summed E-state index contributed by atoms with van der Waals surface area (Å²) in [6.45, 7) is 3.01. The van der Waals surface area contributed by atoms with Gasteiger partial charge in [0, 0.05) is 20.1 Å². The number of rotatable bonds is 7. The number of esters is 1. The number of benzene rings is 3. The van der Waals surface area contributed by atoms with Gasteiger partial charge in [-0.1, -0.05) is 23.8 Å². The highest BCUT2D eigenvalue weighted by atomic mass is 32.2. The van der Waals surface area contributed by atoms with E-state index < -0.39 is 26.0 Å². The Morgan fingerprint density at radius 2 is 1.53 bits per heavy atom. The molecule has 0 aliphatic carbocycles. The van der Waals surface area contributed by atoms with Crippen LogP contribution in [0.25, 0.3) is 0 Å². The number of hydrogen-bond donors (Lipinski definition) is 0. The lowest BCUT2D eigenvalue weighted by atomic mass is 10.2. The highest BCUT2D eigenvalue weighted by Crippen LogP contribution is 2.25. The molecule has 0 unspecified atom stereocenters. The van der Waals surface area contributed by atoms with Gasteiger partial charge < -0.3 is 9.47 Å². The molecule has 1 aliphatic heterocycles. The van der Waals surface area contributed by atoms with Crippen LogP contribution in [0.1, 0.15) is 15.9 Å². The van der Waals surface area contributed by atoms with Crippen molar-refractivity contribution in [2.24, 2.45) is 0 Å². The van der Waals surface area contributed by atoms with E-state index in [1.165, 1.54) is 59.9 Å². The zero-order chi connectivity index (χ0) is 25.9. The predicted molar refractivity (Wildman–Crippen MR) is 134 cm³/mol. The molecule has 0 bridgehead atoms. The van der Waals surface area contributed by atoms with Crippen molar-refractivity contribution in [3.05, 3.63) is 83.9 Å². The second kappa shape index (κ2) is 10.4. The number of nitrogens with zero attached hydrogens (tertiary/aromatic N) is 2. The number of ether oxygens (including phenoxy) is 2. The van der Waals surface area contributed by atoms with E-state index in [0.717, 1.165) is 9.87 Å². The second-order valence-corrected chi connectivity index (χ2v) is 12.1. The average molecular weight is 531 g/mol. The first kappa shape index (κ1) is 25.8. The predicted octanol–water partition coefficient (Wildman–Crippen LogP) is 3.06. The molecule has 0 saturated carbocycles. The van der Waals surface area contributed by atoms with Crippen molar-refractivity contribution in [1.29, 1.82) is 0 Å². The summed E-state index contributed by atoms with van der Waals surface area (Å²) in [6, 6.07) is 18.2. The number of morpholine rings is 1. The van der Waals surface area contributed by atoms with Crippen molar-refractivity contribution in [3.63, 3.8) is 0 Å². The average Bonchev–Trinajstić information content (AvgIpc) is 2.89. The molecule has 1 aliphatic rings. The van der Waals surface area contributed by atoms with Crippen molar-refractivity contribution < 1.29 is 31.1 Å². The van der Waals surface area contributed by atoms with Crippen LogP contribution in [-0.4, -0.2) is 60.5 Å². The topological polar surface area (TPSA) is 110 Å². The summed E-state index contributed by atoms with van der Waals surface area (Å²) in [5.41, 5.74) is 1.41. The molecule has 1 heterocycles. The number of sulfonamides is 2. The summed E-state index contributed by atoms with van der Waals surface area (Å²) < 4.78 is 64.6. The summed E-state index contributed by atoms with van der Waals surface area (Å²) in [5.74, 6) is -0.547. The Morgan fingerprint density at radius 1 is 0.889 bits per heavy atom. The molecule has 0 amide bonds. The Hall–Kier alpha value is -3.25. The Labute approximate surface area is 211 Å². The molecule has 190 valence electrons. The molecule has 11 heteroatoms. The molecule has 0 radical (unpaired) electrons.